The van der Waals surface area contributed by atoms with Gasteiger partial charge in [0.1, 0.15) is 17.5 Å². The molecule has 0 fully saturated rings. The Morgan fingerprint density at radius 1 is 0.967 bits per heavy atom. The number of fused-ring (bicyclic) bond motifs is 1. The minimum Gasteiger partial charge on any atom is -0.351 e. The SMILES string of the molecule is CCCCCCNC(=O)/C(C#N)=C1\N=C(NC(=O)c2ccccc2)c2ccccc21. The molecule has 6 nitrogen and oxygen atoms in total. The van der Waals surface area contributed by atoms with Crippen molar-refractivity contribution < 1.29 is 9.59 Å². The number of nitrogens with zero attached hydrogens (tertiary/aromatic N) is 2. The van der Waals surface area contributed by atoms with Crippen molar-refractivity contribution in [3.63, 3.8) is 0 Å². The fraction of sp³-hybridized carbons (Fsp3) is 0.250. The number of carbonyl (C=O) groups is 2. The lowest BCUT2D eigenvalue weighted by Gasteiger charge is -2.06. The summed E-state index contributed by atoms with van der Waals surface area (Å²) in [7, 11) is 0. The molecule has 0 saturated heterocycles. The summed E-state index contributed by atoms with van der Waals surface area (Å²) in [5, 5.41) is 15.3. The third kappa shape index (κ3) is 4.81. The second-order valence-corrected chi connectivity index (χ2v) is 6.98. The Morgan fingerprint density at radius 2 is 1.67 bits per heavy atom. The van der Waals surface area contributed by atoms with Crippen LogP contribution in [0, 0.1) is 11.3 Å². The summed E-state index contributed by atoms with van der Waals surface area (Å²) in [4.78, 5) is 29.6. The van der Waals surface area contributed by atoms with Crippen LogP contribution >= 0.6 is 0 Å². The van der Waals surface area contributed by atoms with E-state index in [1.165, 1.54) is 0 Å². The van der Waals surface area contributed by atoms with Gasteiger partial charge in [0.05, 0.1) is 5.70 Å². The van der Waals surface area contributed by atoms with E-state index in [4.69, 9.17) is 0 Å². The number of unbranched alkanes of at least 4 members (excludes halogenated alkanes) is 3. The topological polar surface area (TPSA) is 94.3 Å². The van der Waals surface area contributed by atoms with E-state index in [2.05, 4.69) is 22.5 Å². The highest BCUT2D eigenvalue weighted by molar-refractivity contribution is 6.20. The number of aliphatic imine (C=N–C) groups is 1. The first kappa shape index (κ1) is 21.0. The van der Waals surface area contributed by atoms with Gasteiger partial charge in [-0.1, -0.05) is 68.7 Å². The molecule has 0 saturated carbocycles. The Hall–Kier alpha value is -3.72. The Bertz CT molecular complexity index is 1030. The van der Waals surface area contributed by atoms with E-state index in [1.54, 1.807) is 30.3 Å². The van der Waals surface area contributed by atoms with Crippen LogP contribution in [0.4, 0.5) is 0 Å². The van der Waals surface area contributed by atoms with E-state index in [0.29, 0.717) is 29.1 Å². The van der Waals surface area contributed by atoms with Gasteiger partial charge in [0, 0.05) is 23.2 Å². The smallest absolute Gasteiger partial charge is 0.264 e. The summed E-state index contributed by atoms with van der Waals surface area (Å²) in [5.41, 5.74) is 2.06. The van der Waals surface area contributed by atoms with Crippen molar-refractivity contribution in [2.45, 2.75) is 32.6 Å². The maximum Gasteiger partial charge on any atom is 0.264 e. The molecule has 0 atom stereocenters. The molecule has 0 aliphatic carbocycles. The largest absolute Gasteiger partial charge is 0.351 e. The van der Waals surface area contributed by atoms with Crippen LogP contribution in [-0.2, 0) is 4.79 Å². The highest BCUT2D eigenvalue weighted by Crippen LogP contribution is 2.30. The number of rotatable bonds is 7. The van der Waals surface area contributed by atoms with Crippen LogP contribution in [0.15, 0.2) is 65.2 Å². The second kappa shape index (κ2) is 10.2. The predicted molar refractivity (Wildman–Crippen MR) is 117 cm³/mol. The van der Waals surface area contributed by atoms with Crippen LogP contribution in [0.2, 0.25) is 0 Å². The molecule has 3 rings (SSSR count). The van der Waals surface area contributed by atoms with E-state index >= 15 is 0 Å². The van der Waals surface area contributed by atoms with Crippen LogP contribution in [0.25, 0.3) is 5.70 Å². The van der Waals surface area contributed by atoms with Crippen LogP contribution in [0.1, 0.15) is 54.1 Å². The predicted octanol–water partition coefficient (Wildman–Crippen LogP) is 3.81. The molecule has 0 bridgehead atoms. The Morgan fingerprint density at radius 3 is 2.37 bits per heavy atom. The Kier molecular flexibility index (Phi) is 7.12. The number of amidine groups is 1. The third-order valence-electron chi connectivity index (χ3n) is 4.82. The van der Waals surface area contributed by atoms with Crippen LogP contribution in [0.3, 0.4) is 0 Å². The number of carbonyl (C=O) groups excluding carboxylic acids is 2. The molecular formula is C24H24N4O2. The standard InChI is InChI=1S/C24H24N4O2/c1-2-3-4-10-15-26-24(30)20(16-25)21-18-13-8-9-14-19(18)22(27-21)28-23(29)17-11-6-5-7-12-17/h5-9,11-14H,2-4,10,15H2,1H3,(H,26,30)(H,27,28,29)/b21-20-. The minimum atomic E-state index is -0.446. The Labute approximate surface area is 176 Å². The molecule has 152 valence electrons. The highest BCUT2D eigenvalue weighted by atomic mass is 16.2. The highest BCUT2D eigenvalue weighted by Gasteiger charge is 2.27. The van der Waals surface area contributed by atoms with Gasteiger partial charge in [0.15, 0.2) is 0 Å². The first-order valence-electron chi connectivity index (χ1n) is 10.1. The number of hydrogen-bond acceptors (Lipinski definition) is 4. The molecule has 1 aliphatic heterocycles. The van der Waals surface area contributed by atoms with E-state index in [9.17, 15) is 14.9 Å². The van der Waals surface area contributed by atoms with Crippen LogP contribution in [0.5, 0.6) is 0 Å². The van der Waals surface area contributed by atoms with Crippen LogP contribution in [-0.4, -0.2) is 24.2 Å². The van der Waals surface area contributed by atoms with Gasteiger partial charge in [-0.05, 0) is 18.6 Å². The number of amides is 2. The zero-order chi connectivity index (χ0) is 21.3. The van der Waals surface area contributed by atoms with Crippen molar-refractivity contribution in [2.24, 2.45) is 4.99 Å². The van der Waals surface area contributed by atoms with Gasteiger partial charge in [-0.15, -0.1) is 0 Å². The van der Waals surface area contributed by atoms with Crippen molar-refractivity contribution in [3.8, 4) is 6.07 Å². The lowest BCUT2D eigenvalue weighted by molar-refractivity contribution is -0.117. The average Bonchev–Trinajstić information content (AvgIpc) is 3.13. The molecule has 0 aromatic heterocycles. The molecule has 6 heteroatoms. The lowest BCUT2D eigenvalue weighted by Crippen LogP contribution is -2.30. The quantitative estimate of drug-likeness (QED) is 0.420. The van der Waals surface area contributed by atoms with Gasteiger partial charge in [-0.25, -0.2) is 4.99 Å². The van der Waals surface area contributed by atoms with Gasteiger partial charge in [0.25, 0.3) is 11.8 Å². The first-order valence-corrected chi connectivity index (χ1v) is 10.1. The van der Waals surface area contributed by atoms with Gasteiger partial charge in [0.2, 0.25) is 0 Å². The molecular weight excluding hydrogens is 376 g/mol. The monoisotopic (exact) mass is 400 g/mol. The van der Waals surface area contributed by atoms with Crippen molar-refractivity contribution in [3.05, 3.63) is 76.9 Å². The second-order valence-electron chi connectivity index (χ2n) is 6.98. The summed E-state index contributed by atoms with van der Waals surface area (Å²) in [6.45, 7) is 2.64. The molecule has 0 radical (unpaired) electrons. The molecule has 1 aliphatic rings. The summed E-state index contributed by atoms with van der Waals surface area (Å²) in [6.07, 6.45) is 4.13. The van der Waals surface area contributed by atoms with E-state index in [0.717, 1.165) is 25.7 Å². The zero-order valence-electron chi connectivity index (χ0n) is 16.9. The van der Waals surface area contributed by atoms with Gasteiger partial charge in [-0.2, -0.15) is 5.26 Å². The van der Waals surface area contributed by atoms with Crippen molar-refractivity contribution in [1.82, 2.24) is 10.6 Å². The van der Waals surface area contributed by atoms with E-state index in [-0.39, 0.29) is 17.2 Å². The molecule has 2 amide bonds. The third-order valence-corrected chi connectivity index (χ3v) is 4.82. The zero-order valence-corrected chi connectivity index (χ0v) is 16.9. The fourth-order valence-corrected chi connectivity index (χ4v) is 3.24. The molecule has 2 aromatic carbocycles. The number of nitrogens with one attached hydrogen (secondary N) is 2. The summed E-state index contributed by atoms with van der Waals surface area (Å²) in [5.74, 6) is -0.416. The van der Waals surface area contributed by atoms with Gasteiger partial charge >= 0.3 is 0 Å². The molecule has 1 heterocycles. The van der Waals surface area contributed by atoms with Crippen molar-refractivity contribution in [1.29, 1.82) is 5.26 Å². The van der Waals surface area contributed by atoms with Gasteiger partial charge < -0.3 is 10.6 Å². The van der Waals surface area contributed by atoms with E-state index in [1.807, 2.05) is 30.3 Å². The first-order chi connectivity index (χ1) is 14.7. The minimum absolute atomic E-state index is 0.0538. The normalized spacial score (nSPS) is 13.7. The maximum atomic E-state index is 12.6. The summed E-state index contributed by atoms with van der Waals surface area (Å²) >= 11 is 0. The number of benzene rings is 2. The van der Waals surface area contributed by atoms with Gasteiger partial charge in [-0.3, -0.25) is 9.59 Å². The maximum absolute atomic E-state index is 12.6. The molecule has 2 aromatic rings. The molecule has 0 unspecified atom stereocenters. The Balaban J connectivity index is 1.85. The lowest BCUT2D eigenvalue weighted by atomic mass is 10.0. The summed E-state index contributed by atoms with van der Waals surface area (Å²) in [6, 6.07) is 18.0. The van der Waals surface area contributed by atoms with Crippen LogP contribution < -0.4 is 10.6 Å². The molecule has 30 heavy (non-hydrogen) atoms. The summed E-state index contributed by atoms with van der Waals surface area (Å²) < 4.78 is 0. The fourth-order valence-electron chi connectivity index (χ4n) is 3.24. The average molecular weight is 400 g/mol. The van der Waals surface area contributed by atoms with Crippen molar-refractivity contribution in [2.75, 3.05) is 6.54 Å². The van der Waals surface area contributed by atoms with E-state index < -0.39 is 5.91 Å². The number of nitriles is 1. The molecule has 0 spiro atoms. The van der Waals surface area contributed by atoms with Crippen molar-refractivity contribution >= 4 is 23.3 Å². The molecule has 2 N–H and O–H groups in total. The number of hydrogen-bond donors (Lipinski definition) is 2.